The fourth-order valence-corrected chi connectivity index (χ4v) is 0.573. The zero-order valence-electron chi connectivity index (χ0n) is 6.03. The summed E-state index contributed by atoms with van der Waals surface area (Å²) >= 11 is 0. The van der Waals surface area contributed by atoms with E-state index in [0.29, 0.717) is 0 Å². The van der Waals surface area contributed by atoms with Crippen molar-refractivity contribution in [2.24, 2.45) is 0 Å². The molecule has 1 rings (SSSR count). The lowest BCUT2D eigenvalue weighted by atomic mass is 10.5. The molecular weight excluding hydrogens is 200 g/mol. The van der Waals surface area contributed by atoms with Crippen LogP contribution in [-0.2, 0) is 4.57 Å². The van der Waals surface area contributed by atoms with Crippen molar-refractivity contribution in [2.75, 3.05) is 0 Å². The molecule has 0 fully saturated rings. The molecule has 0 saturated carbocycles. The Bertz CT molecular complexity index is 251. The van der Waals surface area contributed by atoms with Crippen molar-refractivity contribution < 1.29 is 19.2 Å². The van der Waals surface area contributed by atoms with Gasteiger partial charge in [0.15, 0.2) is 0 Å². The van der Waals surface area contributed by atoms with E-state index in [1.54, 1.807) is 6.20 Å². The number of aromatic nitrogens is 1. The van der Waals surface area contributed by atoms with Crippen LogP contribution < -0.4 is 5.44 Å². The maximum atomic E-state index is 8.88. The smallest absolute Gasteiger partial charge is 0.303 e. The molecule has 0 radical (unpaired) electrons. The SMILES string of the molecule is O=P(O)(O)O.Pc1ccccn1. The molecule has 1 atom stereocenters. The quantitative estimate of drug-likeness (QED) is 0.508. The van der Waals surface area contributed by atoms with Crippen LogP contribution in [0, 0.1) is 0 Å². The van der Waals surface area contributed by atoms with Crippen molar-refractivity contribution in [3.63, 3.8) is 0 Å². The maximum absolute atomic E-state index is 8.88. The number of hydrogen-bond acceptors (Lipinski definition) is 2. The summed E-state index contributed by atoms with van der Waals surface area (Å²) in [5, 5.41) is 0. The summed E-state index contributed by atoms with van der Waals surface area (Å²) in [5.74, 6) is 0. The van der Waals surface area contributed by atoms with Crippen LogP contribution in [0.2, 0.25) is 0 Å². The zero-order chi connectivity index (χ0) is 9.61. The van der Waals surface area contributed by atoms with Crippen LogP contribution in [0.3, 0.4) is 0 Å². The Morgan fingerprint density at radius 1 is 1.33 bits per heavy atom. The average Bonchev–Trinajstić information content (AvgIpc) is 1.85. The Balaban J connectivity index is 0.000000217. The standard InChI is InChI=1S/C5H6NP.H3O4P/c7-5-3-1-2-4-6-5;1-5(2,3)4/h1-4H,7H2;(H3,1,2,3,4). The fourth-order valence-electron chi connectivity index (χ4n) is 0.376. The highest BCUT2D eigenvalue weighted by Gasteiger charge is 2.00. The van der Waals surface area contributed by atoms with Gasteiger partial charge in [-0.25, -0.2) is 4.57 Å². The molecule has 0 aromatic carbocycles. The maximum Gasteiger partial charge on any atom is 0.466 e. The lowest BCUT2D eigenvalue weighted by Crippen LogP contribution is -1.91. The van der Waals surface area contributed by atoms with Crippen LogP contribution in [0.15, 0.2) is 24.4 Å². The molecule has 1 unspecified atom stereocenters. The van der Waals surface area contributed by atoms with Gasteiger partial charge in [-0.3, -0.25) is 4.98 Å². The summed E-state index contributed by atoms with van der Waals surface area (Å²) in [6.07, 6.45) is 1.77. The number of hydrogen-bond donors (Lipinski definition) is 3. The second-order valence-electron chi connectivity index (χ2n) is 1.77. The summed E-state index contributed by atoms with van der Waals surface area (Å²) in [5.41, 5.74) is 0.988. The molecule has 0 aliphatic rings. The van der Waals surface area contributed by atoms with E-state index >= 15 is 0 Å². The average molecular weight is 209 g/mol. The molecule has 1 heterocycles. The van der Waals surface area contributed by atoms with Gasteiger partial charge in [0.2, 0.25) is 0 Å². The molecular formula is C5H9NO4P2. The van der Waals surface area contributed by atoms with Crippen molar-refractivity contribution in [3.8, 4) is 0 Å². The largest absolute Gasteiger partial charge is 0.466 e. The third kappa shape index (κ3) is 12.4. The van der Waals surface area contributed by atoms with Crippen LogP contribution in [0.4, 0.5) is 0 Å². The lowest BCUT2D eigenvalue weighted by molar-refractivity contribution is 0.275. The van der Waals surface area contributed by atoms with Crippen molar-refractivity contribution >= 4 is 22.5 Å². The highest BCUT2D eigenvalue weighted by Crippen LogP contribution is 2.25. The third-order valence-electron chi connectivity index (χ3n) is 0.688. The molecule has 0 amide bonds. The molecule has 0 bridgehead atoms. The number of nitrogens with zero attached hydrogens (tertiary/aromatic N) is 1. The molecule has 0 spiro atoms. The van der Waals surface area contributed by atoms with E-state index in [9.17, 15) is 0 Å². The number of phosphoric acid groups is 1. The first-order valence-electron chi connectivity index (χ1n) is 2.84. The number of rotatable bonds is 0. The highest BCUT2D eigenvalue weighted by molar-refractivity contribution is 7.45. The molecule has 7 heteroatoms. The van der Waals surface area contributed by atoms with Crippen molar-refractivity contribution in [2.45, 2.75) is 0 Å². The molecule has 3 N–H and O–H groups in total. The van der Waals surface area contributed by atoms with Gasteiger partial charge in [0.25, 0.3) is 0 Å². The minimum absolute atomic E-state index is 0.988. The van der Waals surface area contributed by atoms with Gasteiger partial charge in [-0.1, -0.05) is 15.3 Å². The van der Waals surface area contributed by atoms with E-state index in [0.717, 1.165) is 5.44 Å². The summed E-state index contributed by atoms with van der Waals surface area (Å²) in [7, 11) is -2.12. The fraction of sp³-hybridized carbons (Fsp3) is 0. The van der Waals surface area contributed by atoms with Gasteiger partial charge >= 0.3 is 7.82 Å². The normalized spacial score (nSPS) is 10.0. The van der Waals surface area contributed by atoms with Gasteiger partial charge in [-0.05, 0) is 12.1 Å². The van der Waals surface area contributed by atoms with Gasteiger partial charge in [0.05, 0.1) is 5.44 Å². The molecule has 1 aromatic heterocycles. The monoisotopic (exact) mass is 209 g/mol. The van der Waals surface area contributed by atoms with E-state index < -0.39 is 7.82 Å². The molecule has 1 aromatic rings. The van der Waals surface area contributed by atoms with Gasteiger partial charge < -0.3 is 14.7 Å². The Hall–Kier alpha value is -0.310. The molecule has 0 saturated heterocycles. The predicted octanol–water partition coefficient (Wildman–Crippen LogP) is -0.347. The Morgan fingerprint density at radius 2 is 1.83 bits per heavy atom. The first-order chi connectivity index (χ1) is 5.39. The second kappa shape index (κ2) is 5.36. The minimum atomic E-state index is -4.64. The molecule has 68 valence electrons. The first-order valence-corrected chi connectivity index (χ1v) is 4.98. The predicted molar refractivity (Wildman–Crippen MR) is 47.8 cm³/mol. The first kappa shape index (κ1) is 11.7. The van der Waals surface area contributed by atoms with E-state index in [2.05, 4.69) is 14.2 Å². The van der Waals surface area contributed by atoms with E-state index in [1.165, 1.54) is 0 Å². The van der Waals surface area contributed by atoms with Crippen LogP contribution in [0.5, 0.6) is 0 Å². The van der Waals surface area contributed by atoms with Crippen LogP contribution in [-0.4, -0.2) is 19.7 Å². The lowest BCUT2D eigenvalue weighted by Gasteiger charge is -1.82. The Kier molecular flexibility index (Phi) is 5.22. The highest BCUT2D eigenvalue weighted by atomic mass is 31.2. The van der Waals surface area contributed by atoms with Crippen molar-refractivity contribution in [1.82, 2.24) is 4.98 Å². The van der Waals surface area contributed by atoms with Crippen LogP contribution >= 0.6 is 17.1 Å². The van der Waals surface area contributed by atoms with Crippen molar-refractivity contribution in [1.29, 1.82) is 0 Å². The third-order valence-corrected chi connectivity index (χ3v) is 1.03. The molecule has 0 aliphatic heterocycles. The second-order valence-corrected chi connectivity index (χ2v) is 3.39. The van der Waals surface area contributed by atoms with Gasteiger partial charge in [-0.2, -0.15) is 0 Å². The summed E-state index contributed by atoms with van der Waals surface area (Å²) in [6, 6.07) is 5.79. The van der Waals surface area contributed by atoms with Gasteiger partial charge in [-0.15, -0.1) is 0 Å². The van der Waals surface area contributed by atoms with Gasteiger partial charge in [0, 0.05) is 6.20 Å². The summed E-state index contributed by atoms with van der Waals surface area (Å²) in [6.45, 7) is 0. The number of pyridine rings is 1. The van der Waals surface area contributed by atoms with Crippen LogP contribution in [0.1, 0.15) is 0 Å². The van der Waals surface area contributed by atoms with Crippen molar-refractivity contribution in [3.05, 3.63) is 24.4 Å². The zero-order valence-corrected chi connectivity index (χ0v) is 8.08. The van der Waals surface area contributed by atoms with Gasteiger partial charge in [0.1, 0.15) is 0 Å². The van der Waals surface area contributed by atoms with E-state index in [4.69, 9.17) is 19.2 Å². The minimum Gasteiger partial charge on any atom is -0.303 e. The topological polar surface area (TPSA) is 90.7 Å². The van der Waals surface area contributed by atoms with Crippen LogP contribution in [0.25, 0.3) is 0 Å². The summed E-state index contributed by atoms with van der Waals surface area (Å²) in [4.78, 5) is 25.5. The molecule has 0 aliphatic carbocycles. The summed E-state index contributed by atoms with van der Waals surface area (Å²) < 4.78 is 8.88. The van der Waals surface area contributed by atoms with E-state index in [1.807, 2.05) is 18.2 Å². The Morgan fingerprint density at radius 3 is 2.00 bits per heavy atom. The molecule has 5 nitrogen and oxygen atoms in total. The van der Waals surface area contributed by atoms with E-state index in [-0.39, 0.29) is 0 Å². The Labute approximate surface area is 71.9 Å². The molecule has 12 heavy (non-hydrogen) atoms.